The van der Waals surface area contributed by atoms with Gasteiger partial charge in [0.05, 0.1) is 0 Å². The van der Waals surface area contributed by atoms with E-state index < -0.39 is 0 Å². The van der Waals surface area contributed by atoms with Crippen molar-refractivity contribution in [1.82, 2.24) is 15.5 Å². The zero-order valence-corrected chi connectivity index (χ0v) is 7.92. The van der Waals surface area contributed by atoms with Crippen molar-refractivity contribution in [2.24, 2.45) is 5.92 Å². The number of nitrogens with zero attached hydrogens (tertiary/aromatic N) is 2. The second-order valence-electron chi connectivity index (χ2n) is 3.65. The summed E-state index contributed by atoms with van der Waals surface area (Å²) in [5.74, 6) is 2.19. The molecule has 72 valence electrons. The van der Waals surface area contributed by atoms with Gasteiger partial charge in [0, 0.05) is 6.42 Å². The van der Waals surface area contributed by atoms with Gasteiger partial charge in [-0.3, -0.25) is 0 Å². The Kier molecular flexibility index (Phi) is 2.59. The first-order valence-electron chi connectivity index (χ1n) is 4.84. The molecule has 0 bridgehead atoms. The van der Waals surface area contributed by atoms with Crippen LogP contribution in [0.25, 0.3) is 0 Å². The van der Waals surface area contributed by atoms with Crippen molar-refractivity contribution in [3.05, 3.63) is 11.7 Å². The fraction of sp³-hybridized carbons (Fsp3) is 0.778. The fourth-order valence-electron chi connectivity index (χ4n) is 1.77. The molecule has 1 aliphatic rings. The van der Waals surface area contributed by atoms with Gasteiger partial charge in [0.25, 0.3) is 0 Å². The Morgan fingerprint density at radius 1 is 1.62 bits per heavy atom. The van der Waals surface area contributed by atoms with Crippen molar-refractivity contribution < 1.29 is 4.52 Å². The number of piperidine rings is 1. The van der Waals surface area contributed by atoms with Crippen molar-refractivity contribution in [3.8, 4) is 0 Å². The maximum absolute atomic E-state index is 5.08. The summed E-state index contributed by atoms with van der Waals surface area (Å²) in [6.45, 7) is 4.09. The largest absolute Gasteiger partial charge is 0.339 e. The summed E-state index contributed by atoms with van der Waals surface area (Å²) in [4.78, 5) is 4.20. The van der Waals surface area contributed by atoms with E-state index >= 15 is 0 Å². The lowest BCUT2D eigenvalue weighted by atomic mass is 9.96. The highest BCUT2D eigenvalue weighted by Crippen LogP contribution is 2.14. The number of aryl methyl sites for hydroxylation is 1. The fourth-order valence-corrected chi connectivity index (χ4v) is 1.77. The molecule has 0 saturated carbocycles. The second kappa shape index (κ2) is 3.87. The first-order valence-corrected chi connectivity index (χ1v) is 4.84. The summed E-state index contributed by atoms with van der Waals surface area (Å²) >= 11 is 0. The van der Waals surface area contributed by atoms with Gasteiger partial charge in [-0.1, -0.05) is 5.16 Å². The molecule has 0 radical (unpaired) electrons. The molecule has 1 fully saturated rings. The molecule has 0 spiro atoms. The lowest BCUT2D eigenvalue weighted by molar-refractivity contribution is 0.315. The lowest BCUT2D eigenvalue weighted by Gasteiger charge is -2.20. The van der Waals surface area contributed by atoms with Crippen molar-refractivity contribution in [3.63, 3.8) is 0 Å². The van der Waals surface area contributed by atoms with Gasteiger partial charge in [0.15, 0.2) is 5.82 Å². The molecule has 1 N–H and O–H groups in total. The average molecular weight is 181 g/mol. The van der Waals surface area contributed by atoms with Crippen LogP contribution in [0.3, 0.4) is 0 Å². The molecule has 2 rings (SSSR count). The summed E-state index contributed by atoms with van der Waals surface area (Å²) in [7, 11) is 0. The van der Waals surface area contributed by atoms with E-state index in [1.807, 2.05) is 6.92 Å². The molecule has 0 amide bonds. The summed E-state index contributed by atoms with van der Waals surface area (Å²) in [5.41, 5.74) is 0. The highest BCUT2D eigenvalue weighted by molar-refractivity contribution is 4.86. The Labute approximate surface area is 77.7 Å². The molecule has 13 heavy (non-hydrogen) atoms. The summed E-state index contributed by atoms with van der Waals surface area (Å²) in [5, 5.41) is 7.15. The molecule has 1 aliphatic heterocycles. The smallest absolute Gasteiger partial charge is 0.226 e. The molecular formula is C9H15N3O. The van der Waals surface area contributed by atoms with E-state index in [0.29, 0.717) is 5.92 Å². The van der Waals surface area contributed by atoms with Gasteiger partial charge in [-0.05, 0) is 38.8 Å². The molecule has 1 aromatic heterocycles. The third kappa shape index (κ3) is 2.28. The van der Waals surface area contributed by atoms with Gasteiger partial charge >= 0.3 is 0 Å². The average Bonchev–Trinajstić information content (AvgIpc) is 2.53. The van der Waals surface area contributed by atoms with Crippen molar-refractivity contribution in [2.75, 3.05) is 13.1 Å². The predicted octanol–water partition coefficient (Wildman–Crippen LogP) is 0.920. The van der Waals surface area contributed by atoms with Crippen LogP contribution < -0.4 is 5.32 Å². The first kappa shape index (κ1) is 8.69. The Morgan fingerprint density at radius 3 is 3.15 bits per heavy atom. The van der Waals surface area contributed by atoms with Crippen LogP contribution in [-0.2, 0) is 6.42 Å². The lowest BCUT2D eigenvalue weighted by Crippen LogP contribution is -2.30. The topological polar surface area (TPSA) is 51.0 Å². The predicted molar refractivity (Wildman–Crippen MR) is 48.3 cm³/mol. The third-order valence-electron chi connectivity index (χ3n) is 2.43. The van der Waals surface area contributed by atoms with Crippen molar-refractivity contribution >= 4 is 0 Å². The van der Waals surface area contributed by atoms with Crippen molar-refractivity contribution in [1.29, 1.82) is 0 Å². The molecule has 1 aromatic rings. The Morgan fingerprint density at radius 2 is 2.54 bits per heavy atom. The van der Waals surface area contributed by atoms with Crippen LogP contribution in [0.2, 0.25) is 0 Å². The Balaban J connectivity index is 1.89. The normalized spacial score (nSPS) is 23.3. The van der Waals surface area contributed by atoms with Gasteiger partial charge in [0.2, 0.25) is 5.89 Å². The Bertz CT molecular complexity index is 266. The number of hydrogen-bond donors (Lipinski definition) is 1. The molecule has 2 heterocycles. The SMILES string of the molecule is Cc1noc(C[C@H]2CCCNC2)n1. The summed E-state index contributed by atoms with van der Waals surface area (Å²) in [6.07, 6.45) is 3.46. The number of aromatic nitrogens is 2. The van der Waals surface area contributed by atoms with Crippen LogP contribution in [0, 0.1) is 12.8 Å². The molecule has 1 saturated heterocycles. The van der Waals surface area contributed by atoms with Crippen LogP contribution >= 0.6 is 0 Å². The minimum Gasteiger partial charge on any atom is -0.339 e. The van der Waals surface area contributed by atoms with Gasteiger partial charge in [0.1, 0.15) is 0 Å². The molecular weight excluding hydrogens is 166 g/mol. The van der Waals surface area contributed by atoms with Gasteiger partial charge < -0.3 is 9.84 Å². The quantitative estimate of drug-likeness (QED) is 0.737. The monoisotopic (exact) mass is 181 g/mol. The van der Waals surface area contributed by atoms with Gasteiger partial charge in [-0.2, -0.15) is 4.98 Å². The summed E-state index contributed by atoms with van der Waals surface area (Å²) in [6, 6.07) is 0. The number of hydrogen-bond acceptors (Lipinski definition) is 4. The molecule has 1 atom stereocenters. The highest BCUT2D eigenvalue weighted by atomic mass is 16.5. The molecule has 0 aliphatic carbocycles. The van der Waals surface area contributed by atoms with Crippen LogP contribution in [-0.4, -0.2) is 23.2 Å². The van der Waals surface area contributed by atoms with Crippen molar-refractivity contribution in [2.45, 2.75) is 26.2 Å². The molecule has 4 nitrogen and oxygen atoms in total. The zero-order valence-electron chi connectivity index (χ0n) is 7.92. The van der Waals surface area contributed by atoms with Gasteiger partial charge in [-0.15, -0.1) is 0 Å². The van der Waals surface area contributed by atoms with E-state index in [1.54, 1.807) is 0 Å². The maximum atomic E-state index is 5.08. The molecule has 0 unspecified atom stereocenters. The molecule has 4 heteroatoms. The van der Waals surface area contributed by atoms with Crippen LogP contribution in [0.15, 0.2) is 4.52 Å². The second-order valence-corrected chi connectivity index (χ2v) is 3.65. The van der Waals surface area contributed by atoms with Gasteiger partial charge in [-0.25, -0.2) is 0 Å². The molecule has 0 aromatic carbocycles. The minimum absolute atomic E-state index is 0.675. The third-order valence-corrected chi connectivity index (χ3v) is 2.43. The number of rotatable bonds is 2. The number of nitrogens with one attached hydrogen (secondary N) is 1. The van der Waals surface area contributed by atoms with Crippen LogP contribution in [0.1, 0.15) is 24.6 Å². The standard InChI is InChI=1S/C9H15N3O/c1-7-11-9(13-12-7)5-8-3-2-4-10-6-8/h8,10H,2-6H2,1H3/t8-/m1/s1. The zero-order chi connectivity index (χ0) is 9.10. The van der Waals surface area contributed by atoms with E-state index in [4.69, 9.17) is 4.52 Å². The first-order chi connectivity index (χ1) is 6.34. The maximum Gasteiger partial charge on any atom is 0.226 e. The van der Waals surface area contributed by atoms with Crippen LogP contribution in [0.5, 0.6) is 0 Å². The van der Waals surface area contributed by atoms with Crippen LogP contribution in [0.4, 0.5) is 0 Å². The summed E-state index contributed by atoms with van der Waals surface area (Å²) < 4.78 is 5.08. The highest BCUT2D eigenvalue weighted by Gasteiger charge is 2.16. The van der Waals surface area contributed by atoms with E-state index in [2.05, 4.69) is 15.5 Å². The van der Waals surface area contributed by atoms with E-state index in [9.17, 15) is 0 Å². The van der Waals surface area contributed by atoms with E-state index in [1.165, 1.54) is 12.8 Å². The minimum atomic E-state index is 0.675. The van der Waals surface area contributed by atoms with E-state index in [-0.39, 0.29) is 0 Å². The van der Waals surface area contributed by atoms with E-state index in [0.717, 1.165) is 31.2 Å². The Hall–Kier alpha value is -0.900.